The van der Waals surface area contributed by atoms with Gasteiger partial charge in [0.2, 0.25) is 5.91 Å². The van der Waals surface area contributed by atoms with E-state index in [4.69, 9.17) is 0 Å². The molecule has 1 fully saturated rings. The Morgan fingerprint density at radius 3 is 2.38 bits per heavy atom. The van der Waals surface area contributed by atoms with Crippen LogP contribution in [0.2, 0.25) is 0 Å². The Hall–Kier alpha value is -2.62. The molecule has 0 saturated carbocycles. The predicted octanol–water partition coefficient (Wildman–Crippen LogP) is 2.65. The van der Waals surface area contributed by atoms with Gasteiger partial charge in [0, 0.05) is 18.2 Å². The van der Waals surface area contributed by atoms with E-state index in [-0.39, 0.29) is 24.4 Å². The molecule has 0 aliphatic carbocycles. The summed E-state index contributed by atoms with van der Waals surface area (Å²) in [5.74, 6) is -0.208. The van der Waals surface area contributed by atoms with Crippen molar-refractivity contribution in [1.82, 2.24) is 10.2 Å². The average Bonchev–Trinajstić information content (AvgIpc) is 3.09. The van der Waals surface area contributed by atoms with Crippen molar-refractivity contribution in [2.45, 2.75) is 25.3 Å². The van der Waals surface area contributed by atoms with Gasteiger partial charge in [-0.1, -0.05) is 48.5 Å². The van der Waals surface area contributed by atoms with Crippen LogP contribution in [0.4, 0.5) is 0 Å². The number of likely N-dealkylation sites (tertiary alicyclic amines) is 1. The fourth-order valence-corrected chi connectivity index (χ4v) is 3.21. The third kappa shape index (κ3) is 4.02. The number of amides is 2. The lowest BCUT2D eigenvalue weighted by molar-refractivity contribution is -0.130. The maximum atomic E-state index is 12.5. The van der Waals surface area contributed by atoms with Crippen LogP contribution in [0.25, 0.3) is 0 Å². The molecule has 0 radical (unpaired) electrons. The lowest BCUT2D eigenvalue weighted by Crippen LogP contribution is -2.43. The number of carbonyl (C=O) groups excluding carboxylic acids is 2. The van der Waals surface area contributed by atoms with Crippen molar-refractivity contribution in [3.8, 4) is 0 Å². The molecular weight excluding hydrogens is 300 g/mol. The normalized spacial score (nSPS) is 16.8. The molecular formula is C20H22N2O2. The molecule has 1 atom stereocenters. The van der Waals surface area contributed by atoms with Gasteiger partial charge < -0.3 is 10.2 Å². The first-order valence-electron chi connectivity index (χ1n) is 8.40. The van der Waals surface area contributed by atoms with Crippen LogP contribution >= 0.6 is 0 Å². The minimum atomic E-state index is -0.206. The van der Waals surface area contributed by atoms with E-state index < -0.39 is 0 Å². The molecule has 4 nitrogen and oxygen atoms in total. The Balaban J connectivity index is 1.55. The zero-order valence-corrected chi connectivity index (χ0v) is 13.7. The highest BCUT2D eigenvalue weighted by Crippen LogP contribution is 2.21. The van der Waals surface area contributed by atoms with E-state index in [0.717, 1.165) is 25.8 Å². The van der Waals surface area contributed by atoms with Gasteiger partial charge in [0.1, 0.15) is 0 Å². The first-order chi connectivity index (χ1) is 11.7. The van der Waals surface area contributed by atoms with Gasteiger partial charge in [-0.15, -0.1) is 0 Å². The van der Waals surface area contributed by atoms with Gasteiger partial charge in [0.25, 0.3) is 5.91 Å². The van der Waals surface area contributed by atoms with E-state index in [1.165, 1.54) is 5.56 Å². The smallest absolute Gasteiger partial charge is 0.251 e. The standard InChI is InChI=1S/C20H22N2O2/c23-19(15-21-20(24)17-10-5-2-6-11-17)22-13-7-12-18(22)14-16-8-3-1-4-9-16/h1-6,8-11,18H,7,12-15H2,(H,21,24). The molecule has 1 unspecified atom stereocenters. The van der Waals surface area contributed by atoms with E-state index in [1.807, 2.05) is 41.3 Å². The number of hydrogen-bond donors (Lipinski definition) is 1. The van der Waals surface area contributed by atoms with Crippen LogP contribution in [0.3, 0.4) is 0 Å². The van der Waals surface area contributed by atoms with E-state index in [9.17, 15) is 9.59 Å². The minimum absolute atomic E-state index is 0.00212. The average molecular weight is 322 g/mol. The van der Waals surface area contributed by atoms with Crippen molar-refractivity contribution in [2.75, 3.05) is 13.1 Å². The molecule has 1 aliphatic heterocycles. The van der Waals surface area contributed by atoms with Gasteiger partial charge >= 0.3 is 0 Å². The Morgan fingerprint density at radius 1 is 1.00 bits per heavy atom. The summed E-state index contributed by atoms with van der Waals surface area (Å²) in [7, 11) is 0. The fraction of sp³-hybridized carbons (Fsp3) is 0.300. The number of hydrogen-bond acceptors (Lipinski definition) is 2. The molecule has 2 amide bonds. The van der Waals surface area contributed by atoms with Crippen LogP contribution in [-0.4, -0.2) is 35.8 Å². The van der Waals surface area contributed by atoms with Crippen molar-refractivity contribution in [3.63, 3.8) is 0 Å². The van der Waals surface area contributed by atoms with Crippen LogP contribution in [0.5, 0.6) is 0 Å². The predicted molar refractivity (Wildman–Crippen MR) is 93.7 cm³/mol. The van der Waals surface area contributed by atoms with E-state index in [1.54, 1.807) is 12.1 Å². The maximum absolute atomic E-state index is 12.5. The third-order valence-electron chi connectivity index (χ3n) is 4.45. The number of nitrogens with zero attached hydrogens (tertiary/aromatic N) is 1. The van der Waals surface area contributed by atoms with Gasteiger partial charge in [-0.25, -0.2) is 0 Å². The van der Waals surface area contributed by atoms with Crippen LogP contribution in [0.15, 0.2) is 60.7 Å². The Bertz CT molecular complexity index is 685. The van der Waals surface area contributed by atoms with E-state index in [0.29, 0.717) is 5.56 Å². The summed E-state index contributed by atoms with van der Waals surface area (Å²) >= 11 is 0. The second kappa shape index (κ2) is 7.77. The minimum Gasteiger partial charge on any atom is -0.343 e. The van der Waals surface area contributed by atoms with E-state index in [2.05, 4.69) is 17.4 Å². The molecule has 0 spiro atoms. The van der Waals surface area contributed by atoms with Gasteiger partial charge in [-0.3, -0.25) is 9.59 Å². The summed E-state index contributed by atoms with van der Waals surface area (Å²) in [5.41, 5.74) is 1.82. The van der Waals surface area contributed by atoms with Crippen LogP contribution in [0, 0.1) is 0 Å². The number of nitrogens with one attached hydrogen (secondary N) is 1. The molecule has 24 heavy (non-hydrogen) atoms. The van der Waals surface area contributed by atoms with Crippen LogP contribution in [-0.2, 0) is 11.2 Å². The maximum Gasteiger partial charge on any atom is 0.251 e. The summed E-state index contributed by atoms with van der Waals surface area (Å²) in [4.78, 5) is 26.5. The summed E-state index contributed by atoms with van der Waals surface area (Å²) in [5, 5.41) is 2.73. The highest BCUT2D eigenvalue weighted by molar-refractivity contribution is 5.96. The number of rotatable bonds is 5. The van der Waals surface area contributed by atoms with Crippen molar-refractivity contribution in [2.24, 2.45) is 0 Å². The molecule has 1 aliphatic rings. The lowest BCUT2D eigenvalue weighted by atomic mass is 10.0. The zero-order valence-electron chi connectivity index (χ0n) is 13.7. The SMILES string of the molecule is O=C(NCC(=O)N1CCCC1Cc1ccccc1)c1ccccc1. The zero-order chi connectivity index (χ0) is 16.8. The first kappa shape index (κ1) is 16.2. The Kier molecular flexibility index (Phi) is 5.26. The summed E-state index contributed by atoms with van der Waals surface area (Å²) in [6, 6.07) is 19.4. The van der Waals surface area contributed by atoms with Gasteiger partial charge in [-0.2, -0.15) is 0 Å². The van der Waals surface area contributed by atoms with Crippen molar-refractivity contribution < 1.29 is 9.59 Å². The summed E-state index contributed by atoms with van der Waals surface area (Å²) in [6.07, 6.45) is 2.92. The van der Waals surface area contributed by atoms with Gasteiger partial charge in [0.15, 0.2) is 0 Å². The molecule has 4 heteroatoms. The second-order valence-corrected chi connectivity index (χ2v) is 6.12. The molecule has 0 bridgehead atoms. The van der Waals surface area contributed by atoms with Gasteiger partial charge in [-0.05, 0) is 37.0 Å². The summed E-state index contributed by atoms with van der Waals surface area (Å²) < 4.78 is 0. The van der Waals surface area contributed by atoms with Crippen molar-refractivity contribution in [3.05, 3.63) is 71.8 Å². The molecule has 124 valence electrons. The molecule has 1 N–H and O–H groups in total. The molecule has 1 heterocycles. The van der Waals surface area contributed by atoms with Crippen molar-refractivity contribution >= 4 is 11.8 Å². The lowest BCUT2D eigenvalue weighted by Gasteiger charge is -2.25. The number of carbonyl (C=O) groups is 2. The topological polar surface area (TPSA) is 49.4 Å². The Morgan fingerprint density at radius 2 is 1.67 bits per heavy atom. The Labute approximate surface area is 142 Å². The highest BCUT2D eigenvalue weighted by Gasteiger charge is 2.28. The molecule has 0 aromatic heterocycles. The molecule has 2 aromatic carbocycles. The van der Waals surface area contributed by atoms with Crippen LogP contribution < -0.4 is 5.32 Å². The largest absolute Gasteiger partial charge is 0.343 e. The third-order valence-corrected chi connectivity index (χ3v) is 4.45. The number of benzene rings is 2. The highest BCUT2D eigenvalue weighted by atomic mass is 16.2. The first-order valence-corrected chi connectivity index (χ1v) is 8.40. The second-order valence-electron chi connectivity index (χ2n) is 6.12. The van der Waals surface area contributed by atoms with E-state index >= 15 is 0 Å². The van der Waals surface area contributed by atoms with Crippen molar-refractivity contribution in [1.29, 1.82) is 0 Å². The molecule has 1 saturated heterocycles. The molecule has 3 rings (SSSR count). The monoisotopic (exact) mass is 322 g/mol. The fourth-order valence-electron chi connectivity index (χ4n) is 3.21. The van der Waals surface area contributed by atoms with Crippen LogP contribution in [0.1, 0.15) is 28.8 Å². The molecule has 2 aromatic rings. The quantitative estimate of drug-likeness (QED) is 0.920. The summed E-state index contributed by atoms with van der Waals surface area (Å²) in [6.45, 7) is 0.830. The van der Waals surface area contributed by atoms with Gasteiger partial charge in [0.05, 0.1) is 6.54 Å².